The fourth-order valence-electron chi connectivity index (χ4n) is 2.97. The molecule has 1 aliphatic heterocycles. The average Bonchev–Trinajstić information content (AvgIpc) is 2.61. The maximum Gasteiger partial charge on any atom is 0.407 e. The largest absolute Gasteiger partial charge is 0.489 e. The molecule has 0 bridgehead atoms. The van der Waals surface area contributed by atoms with Crippen LogP contribution in [-0.2, 0) is 12.2 Å². The number of hydrogen-bond donors (Lipinski definition) is 2. The number of carboxylic acid groups (broad SMARTS) is 1. The lowest BCUT2D eigenvalue weighted by atomic mass is 9.84. The molecule has 1 fully saturated rings. The Labute approximate surface area is 141 Å². The maximum atomic E-state index is 11.0. The van der Waals surface area contributed by atoms with Gasteiger partial charge in [-0.05, 0) is 36.1 Å². The highest BCUT2D eigenvalue weighted by Crippen LogP contribution is 2.34. The van der Waals surface area contributed by atoms with Gasteiger partial charge in [-0.2, -0.15) is 0 Å². The van der Waals surface area contributed by atoms with E-state index >= 15 is 0 Å². The van der Waals surface area contributed by atoms with Crippen molar-refractivity contribution in [2.45, 2.75) is 25.0 Å². The van der Waals surface area contributed by atoms with Crippen LogP contribution in [0, 0.1) is 0 Å². The van der Waals surface area contributed by atoms with E-state index in [0.29, 0.717) is 38.3 Å². The van der Waals surface area contributed by atoms with Crippen molar-refractivity contribution < 1.29 is 19.7 Å². The minimum atomic E-state index is -1.00. The Bertz CT molecular complexity index is 694. The van der Waals surface area contributed by atoms with Crippen LogP contribution < -0.4 is 4.74 Å². The van der Waals surface area contributed by atoms with Gasteiger partial charge in [0.05, 0.1) is 5.60 Å². The monoisotopic (exact) mass is 327 g/mol. The van der Waals surface area contributed by atoms with Crippen LogP contribution in [0.4, 0.5) is 4.79 Å². The molecule has 2 aromatic carbocycles. The van der Waals surface area contributed by atoms with E-state index in [1.807, 2.05) is 54.6 Å². The highest BCUT2D eigenvalue weighted by Gasteiger charge is 2.35. The first kappa shape index (κ1) is 16.3. The number of likely N-dealkylation sites (tertiary alicyclic amines) is 1. The van der Waals surface area contributed by atoms with Crippen molar-refractivity contribution in [1.29, 1.82) is 0 Å². The van der Waals surface area contributed by atoms with E-state index in [0.717, 1.165) is 11.1 Å². The highest BCUT2D eigenvalue weighted by atomic mass is 16.5. The van der Waals surface area contributed by atoms with Crippen LogP contribution in [0.5, 0.6) is 5.75 Å². The number of rotatable bonds is 4. The average molecular weight is 327 g/mol. The molecule has 2 aromatic rings. The van der Waals surface area contributed by atoms with Gasteiger partial charge in [-0.3, -0.25) is 0 Å². The standard InChI is InChI=1S/C19H21NO4/c21-18(22)20-11-9-19(23,10-12-20)16-7-4-8-17(13-16)24-14-15-5-2-1-3-6-15/h1-8,13,23H,9-12,14H2,(H,21,22). The Balaban J connectivity index is 1.67. The predicted octanol–water partition coefficient (Wildman–Crippen LogP) is 3.23. The molecule has 1 amide bonds. The zero-order chi connectivity index (χ0) is 17.0. The normalized spacial score (nSPS) is 16.6. The molecule has 0 aliphatic carbocycles. The molecular formula is C19H21NO4. The van der Waals surface area contributed by atoms with Crippen molar-refractivity contribution in [2.75, 3.05) is 13.1 Å². The molecule has 0 aromatic heterocycles. The summed E-state index contributed by atoms with van der Waals surface area (Å²) in [7, 11) is 0. The lowest BCUT2D eigenvalue weighted by Gasteiger charge is -2.37. The minimum absolute atomic E-state index is 0.334. The fourth-order valence-corrected chi connectivity index (χ4v) is 2.97. The second-order valence-electron chi connectivity index (χ2n) is 6.10. The zero-order valence-electron chi connectivity index (χ0n) is 13.4. The molecule has 5 heteroatoms. The van der Waals surface area contributed by atoms with Gasteiger partial charge in [-0.15, -0.1) is 0 Å². The molecule has 1 aliphatic rings. The molecule has 0 saturated carbocycles. The van der Waals surface area contributed by atoms with Gasteiger partial charge in [0.25, 0.3) is 0 Å². The molecule has 1 saturated heterocycles. The number of aliphatic hydroxyl groups is 1. The molecule has 0 atom stereocenters. The van der Waals surface area contributed by atoms with Gasteiger partial charge in [0, 0.05) is 13.1 Å². The Morgan fingerprint density at radius 3 is 2.46 bits per heavy atom. The molecule has 24 heavy (non-hydrogen) atoms. The first-order chi connectivity index (χ1) is 11.6. The van der Waals surface area contributed by atoms with Crippen molar-refractivity contribution in [2.24, 2.45) is 0 Å². The van der Waals surface area contributed by atoms with Crippen LogP contribution in [0.2, 0.25) is 0 Å². The molecule has 126 valence electrons. The fraction of sp³-hybridized carbons (Fsp3) is 0.316. The Morgan fingerprint density at radius 2 is 1.79 bits per heavy atom. The summed E-state index contributed by atoms with van der Waals surface area (Å²) in [5.74, 6) is 0.699. The van der Waals surface area contributed by atoms with Crippen molar-refractivity contribution in [3.8, 4) is 5.75 Å². The summed E-state index contributed by atoms with van der Waals surface area (Å²) in [5, 5.41) is 19.9. The maximum absolute atomic E-state index is 11.0. The van der Waals surface area contributed by atoms with Gasteiger partial charge in [-0.25, -0.2) is 4.79 Å². The number of piperidine rings is 1. The Morgan fingerprint density at radius 1 is 1.08 bits per heavy atom. The van der Waals surface area contributed by atoms with E-state index in [4.69, 9.17) is 9.84 Å². The van der Waals surface area contributed by atoms with E-state index < -0.39 is 11.7 Å². The zero-order valence-corrected chi connectivity index (χ0v) is 13.4. The van der Waals surface area contributed by atoms with E-state index in [2.05, 4.69) is 0 Å². The van der Waals surface area contributed by atoms with Crippen molar-refractivity contribution in [1.82, 2.24) is 4.90 Å². The molecule has 2 N–H and O–H groups in total. The van der Waals surface area contributed by atoms with Gasteiger partial charge in [-0.1, -0.05) is 42.5 Å². The van der Waals surface area contributed by atoms with Crippen LogP contribution >= 0.6 is 0 Å². The van der Waals surface area contributed by atoms with Crippen molar-refractivity contribution in [3.05, 3.63) is 65.7 Å². The van der Waals surface area contributed by atoms with Crippen LogP contribution in [0.15, 0.2) is 54.6 Å². The second kappa shape index (κ2) is 6.93. The van der Waals surface area contributed by atoms with Gasteiger partial charge in [0.1, 0.15) is 12.4 Å². The lowest BCUT2D eigenvalue weighted by Crippen LogP contribution is -2.44. The van der Waals surface area contributed by atoms with Crippen LogP contribution in [-0.4, -0.2) is 34.3 Å². The van der Waals surface area contributed by atoms with Crippen molar-refractivity contribution in [3.63, 3.8) is 0 Å². The second-order valence-corrected chi connectivity index (χ2v) is 6.10. The first-order valence-corrected chi connectivity index (χ1v) is 8.04. The lowest BCUT2D eigenvalue weighted by molar-refractivity contribution is -0.0215. The number of hydrogen-bond acceptors (Lipinski definition) is 3. The van der Waals surface area contributed by atoms with Gasteiger partial charge in [0.15, 0.2) is 0 Å². The van der Waals surface area contributed by atoms with Gasteiger partial charge >= 0.3 is 6.09 Å². The molecule has 0 spiro atoms. The summed E-state index contributed by atoms with van der Waals surface area (Å²) in [6, 6.07) is 17.3. The predicted molar refractivity (Wildman–Crippen MR) is 89.9 cm³/mol. The van der Waals surface area contributed by atoms with E-state index in [-0.39, 0.29) is 0 Å². The van der Waals surface area contributed by atoms with E-state index in [1.54, 1.807) is 0 Å². The number of carbonyl (C=O) groups is 1. The molecular weight excluding hydrogens is 306 g/mol. The summed E-state index contributed by atoms with van der Waals surface area (Å²) in [4.78, 5) is 12.3. The molecule has 3 rings (SSSR count). The number of amides is 1. The first-order valence-electron chi connectivity index (χ1n) is 8.04. The highest BCUT2D eigenvalue weighted by molar-refractivity contribution is 5.65. The van der Waals surface area contributed by atoms with Crippen molar-refractivity contribution >= 4 is 6.09 Å². The van der Waals surface area contributed by atoms with Gasteiger partial charge in [0.2, 0.25) is 0 Å². The van der Waals surface area contributed by atoms with E-state index in [9.17, 15) is 9.90 Å². The van der Waals surface area contributed by atoms with Gasteiger partial charge < -0.3 is 19.8 Å². The van der Waals surface area contributed by atoms with Crippen LogP contribution in [0.3, 0.4) is 0 Å². The number of nitrogens with zero attached hydrogens (tertiary/aromatic N) is 1. The van der Waals surface area contributed by atoms with E-state index in [1.165, 1.54) is 4.90 Å². The van der Waals surface area contributed by atoms with Crippen LogP contribution in [0.25, 0.3) is 0 Å². The smallest absolute Gasteiger partial charge is 0.407 e. The summed E-state index contributed by atoms with van der Waals surface area (Å²) in [6.45, 7) is 1.14. The van der Waals surface area contributed by atoms with Crippen LogP contribution in [0.1, 0.15) is 24.0 Å². The summed E-state index contributed by atoms with van der Waals surface area (Å²) in [6.07, 6.45) is -0.153. The summed E-state index contributed by atoms with van der Waals surface area (Å²) >= 11 is 0. The summed E-state index contributed by atoms with van der Waals surface area (Å²) < 4.78 is 5.81. The molecule has 5 nitrogen and oxygen atoms in total. The molecule has 1 heterocycles. The SMILES string of the molecule is O=C(O)N1CCC(O)(c2cccc(OCc3ccccc3)c2)CC1. The third-order valence-electron chi connectivity index (χ3n) is 4.48. The number of ether oxygens (including phenoxy) is 1. The third kappa shape index (κ3) is 3.68. The topological polar surface area (TPSA) is 70.0 Å². The summed E-state index contributed by atoms with van der Waals surface area (Å²) in [5.41, 5.74) is 0.854. The number of benzene rings is 2. The Kier molecular flexibility index (Phi) is 4.71. The Hall–Kier alpha value is -2.53. The quantitative estimate of drug-likeness (QED) is 0.904. The minimum Gasteiger partial charge on any atom is -0.489 e. The molecule has 0 unspecified atom stereocenters. The molecule has 0 radical (unpaired) electrons. The third-order valence-corrected chi connectivity index (χ3v) is 4.48.